The van der Waals surface area contributed by atoms with E-state index in [1.165, 1.54) is 0 Å². The van der Waals surface area contributed by atoms with Crippen molar-refractivity contribution in [3.8, 4) is 0 Å². The van der Waals surface area contributed by atoms with Crippen LogP contribution in [0.25, 0.3) is 0 Å². The molecule has 1 heterocycles. The minimum Gasteiger partial charge on any atom is -0.347 e. The monoisotopic (exact) mass is 354 g/mol. The number of benzene rings is 1. The molecule has 1 aromatic carbocycles. The van der Waals surface area contributed by atoms with E-state index >= 15 is 0 Å². The van der Waals surface area contributed by atoms with E-state index in [9.17, 15) is 4.79 Å². The van der Waals surface area contributed by atoms with Crippen molar-refractivity contribution in [1.82, 2.24) is 9.88 Å². The van der Waals surface area contributed by atoms with E-state index in [4.69, 9.17) is 11.6 Å². The van der Waals surface area contributed by atoms with Crippen molar-refractivity contribution < 1.29 is 4.79 Å². The van der Waals surface area contributed by atoms with Gasteiger partial charge in [0, 0.05) is 23.8 Å². The number of carbonyl (C=O) groups excluding carboxylic acids is 1. The summed E-state index contributed by atoms with van der Waals surface area (Å²) in [5.74, 6) is -0.110. The third kappa shape index (κ3) is 3.64. The van der Waals surface area contributed by atoms with Gasteiger partial charge in [-0.05, 0) is 24.1 Å². The summed E-state index contributed by atoms with van der Waals surface area (Å²) in [6, 6.07) is 9.53. The van der Waals surface area contributed by atoms with Crippen LogP contribution in [0.15, 0.2) is 41.0 Å². The summed E-state index contributed by atoms with van der Waals surface area (Å²) in [5.41, 5.74) is 1.64. The second kappa shape index (κ2) is 6.95. The Bertz CT molecular complexity index is 610. The highest BCUT2D eigenvalue weighted by atomic mass is 79.9. The zero-order valence-corrected chi connectivity index (χ0v) is 13.5. The molecule has 0 aliphatic rings. The van der Waals surface area contributed by atoms with Crippen molar-refractivity contribution in [3.63, 3.8) is 0 Å². The molecule has 1 N–H and O–H groups in total. The van der Waals surface area contributed by atoms with E-state index in [0.29, 0.717) is 17.3 Å². The van der Waals surface area contributed by atoms with Crippen molar-refractivity contribution in [1.29, 1.82) is 0 Å². The molecule has 1 aromatic heterocycles. The smallest absolute Gasteiger partial charge is 0.268 e. The van der Waals surface area contributed by atoms with Gasteiger partial charge in [0.15, 0.2) is 0 Å². The molecule has 0 aliphatic carbocycles. The van der Waals surface area contributed by atoms with Crippen LogP contribution in [0.2, 0.25) is 5.02 Å². The average Bonchev–Trinajstić information content (AvgIpc) is 2.79. The normalized spacial score (nSPS) is 10.6. The second-order valence-electron chi connectivity index (χ2n) is 4.51. The summed E-state index contributed by atoms with van der Waals surface area (Å²) in [4.78, 5) is 12.2. The Labute approximate surface area is 132 Å². The lowest BCUT2D eigenvalue weighted by Gasteiger charge is -2.09. The van der Waals surface area contributed by atoms with Gasteiger partial charge >= 0.3 is 0 Å². The van der Waals surface area contributed by atoms with Gasteiger partial charge in [-0.25, -0.2) is 0 Å². The molecule has 0 fully saturated rings. The predicted octanol–water partition coefficient (Wildman–Crippen LogP) is 4.24. The lowest BCUT2D eigenvalue weighted by Crippen LogP contribution is -2.25. The van der Waals surface area contributed by atoms with Crippen molar-refractivity contribution in [3.05, 3.63) is 57.3 Å². The molecule has 0 unspecified atom stereocenters. The maximum absolute atomic E-state index is 12.2. The number of hydrogen-bond donors (Lipinski definition) is 1. The van der Waals surface area contributed by atoms with Crippen LogP contribution in [0.4, 0.5) is 0 Å². The van der Waals surface area contributed by atoms with Gasteiger partial charge in [-0.1, -0.05) is 52.7 Å². The number of hydrogen-bond acceptors (Lipinski definition) is 1. The predicted molar refractivity (Wildman–Crippen MR) is 85.0 cm³/mol. The lowest BCUT2D eigenvalue weighted by atomic mass is 10.2. The van der Waals surface area contributed by atoms with Crippen LogP contribution in [-0.2, 0) is 13.1 Å². The number of carbonyl (C=O) groups is 1. The third-order valence-electron chi connectivity index (χ3n) is 2.96. The first-order valence-corrected chi connectivity index (χ1v) is 7.66. The number of nitrogens with zero attached hydrogens (tertiary/aromatic N) is 1. The summed E-state index contributed by atoms with van der Waals surface area (Å²) >= 11 is 9.45. The Balaban J connectivity index is 2.07. The molecule has 106 valence electrons. The van der Waals surface area contributed by atoms with E-state index in [2.05, 4.69) is 28.2 Å². The summed E-state index contributed by atoms with van der Waals surface area (Å²) < 4.78 is 2.87. The van der Waals surface area contributed by atoms with Crippen LogP contribution in [0.5, 0.6) is 0 Å². The number of halogens is 2. The fourth-order valence-corrected chi connectivity index (χ4v) is 2.65. The van der Waals surface area contributed by atoms with Gasteiger partial charge in [0.2, 0.25) is 0 Å². The largest absolute Gasteiger partial charge is 0.347 e. The van der Waals surface area contributed by atoms with Crippen molar-refractivity contribution >= 4 is 33.4 Å². The lowest BCUT2D eigenvalue weighted by molar-refractivity contribution is 0.0941. The summed E-state index contributed by atoms with van der Waals surface area (Å²) in [5, 5.41) is 3.51. The molecule has 2 aromatic rings. The molecule has 0 atom stereocenters. The fraction of sp³-hybridized carbons (Fsp3) is 0.267. The third-order valence-corrected chi connectivity index (χ3v) is 3.94. The van der Waals surface area contributed by atoms with E-state index < -0.39 is 0 Å². The molecule has 2 rings (SSSR count). The Hall–Kier alpha value is -1.26. The zero-order valence-electron chi connectivity index (χ0n) is 11.2. The van der Waals surface area contributed by atoms with E-state index in [-0.39, 0.29) is 5.91 Å². The molecule has 5 heteroatoms. The molecule has 0 spiro atoms. The number of amides is 1. The Morgan fingerprint density at radius 2 is 2.15 bits per heavy atom. The van der Waals surface area contributed by atoms with Crippen LogP contribution in [0.1, 0.15) is 29.4 Å². The van der Waals surface area contributed by atoms with Crippen LogP contribution < -0.4 is 5.32 Å². The number of aromatic nitrogens is 1. The first-order chi connectivity index (χ1) is 9.61. The highest BCUT2D eigenvalue weighted by Crippen LogP contribution is 2.17. The summed E-state index contributed by atoms with van der Waals surface area (Å²) in [7, 11) is 0. The molecule has 0 radical (unpaired) electrons. The van der Waals surface area contributed by atoms with Crippen molar-refractivity contribution in [2.24, 2.45) is 0 Å². The first-order valence-electron chi connectivity index (χ1n) is 6.49. The maximum Gasteiger partial charge on any atom is 0.268 e. The van der Waals surface area contributed by atoms with Crippen LogP contribution in [-0.4, -0.2) is 10.5 Å². The quantitative estimate of drug-likeness (QED) is 0.855. The van der Waals surface area contributed by atoms with Crippen LogP contribution >= 0.6 is 27.5 Å². The molecule has 0 bridgehead atoms. The molecule has 3 nitrogen and oxygen atoms in total. The maximum atomic E-state index is 12.2. The number of aryl methyl sites for hydroxylation is 1. The van der Waals surface area contributed by atoms with Gasteiger partial charge in [-0.2, -0.15) is 0 Å². The molecule has 1 amide bonds. The second-order valence-corrected chi connectivity index (χ2v) is 5.80. The first kappa shape index (κ1) is 15.1. The molecule has 0 saturated heterocycles. The summed E-state index contributed by atoms with van der Waals surface area (Å²) in [6.45, 7) is 3.33. The van der Waals surface area contributed by atoms with Gasteiger partial charge in [0.25, 0.3) is 5.91 Å². The van der Waals surface area contributed by atoms with Gasteiger partial charge in [0.1, 0.15) is 5.69 Å². The van der Waals surface area contributed by atoms with Crippen LogP contribution in [0.3, 0.4) is 0 Å². The zero-order chi connectivity index (χ0) is 14.5. The van der Waals surface area contributed by atoms with Crippen LogP contribution in [0, 0.1) is 0 Å². The SMILES string of the molecule is CCCn1cc(Cl)cc1C(=O)NCc1ccccc1Br. The standard InChI is InChI=1S/C15H16BrClN2O/c1-2-7-19-10-12(17)8-14(19)15(20)18-9-11-5-3-4-6-13(11)16/h3-6,8,10H,2,7,9H2,1H3,(H,18,20). The Kier molecular flexibility index (Phi) is 5.26. The highest BCUT2D eigenvalue weighted by molar-refractivity contribution is 9.10. The van der Waals surface area contributed by atoms with Gasteiger partial charge in [-0.15, -0.1) is 0 Å². The highest BCUT2D eigenvalue weighted by Gasteiger charge is 2.12. The van der Waals surface area contributed by atoms with E-state index in [1.54, 1.807) is 12.3 Å². The molecular formula is C15H16BrClN2O. The fourth-order valence-electron chi connectivity index (χ4n) is 2.00. The molecule has 0 saturated carbocycles. The molecule has 20 heavy (non-hydrogen) atoms. The van der Waals surface area contributed by atoms with Gasteiger partial charge in [-0.3, -0.25) is 4.79 Å². The minimum absolute atomic E-state index is 0.110. The van der Waals surface area contributed by atoms with E-state index in [1.807, 2.05) is 28.8 Å². The number of rotatable bonds is 5. The minimum atomic E-state index is -0.110. The van der Waals surface area contributed by atoms with Crippen molar-refractivity contribution in [2.45, 2.75) is 26.4 Å². The average molecular weight is 356 g/mol. The Morgan fingerprint density at radius 3 is 2.85 bits per heavy atom. The van der Waals surface area contributed by atoms with Gasteiger partial charge < -0.3 is 9.88 Å². The van der Waals surface area contributed by atoms with Gasteiger partial charge in [0.05, 0.1) is 5.02 Å². The summed E-state index contributed by atoms with van der Waals surface area (Å²) in [6.07, 6.45) is 2.74. The van der Waals surface area contributed by atoms with Crippen molar-refractivity contribution in [2.75, 3.05) is 0 Å². The molecular weight excluding hydrogens is 340 g/mol. The topological polar surface area (TPSA) is 34.0 Å². The molecule has 0 aliphatic heterocycles. The Morgan fingerprint density at radius 1 is 1.40 bits per heavy atom. The number of nitrogens with one attached hydrogen (secondary N) is 1. The van der Waals surface area contributed by atoms with E-state index in [0.717, 1.165) is 23.0 Å².